The molecule has 0 amide bonds. The quantitative estimate of drug-likeness (QED) is 0.847. The lowest BCUT2D eigenvalue weighted by atomic mass is 10.2. The number of hydrogen-bond donors (Lipinski definition) is 2. The fourth-order valence-corrected chi connectivity index (χ4v) is 2.29. The van der Waals surface area contributed by atoms with Gasteiger partial charge in [0.1, 0.15) is 0 Å². The van der Waals surface area contributed by atoms with Gasteiger partial charge in [-0.15, -0.1) is 5.10 Å². The molecule has 1 aromatic carbocycles. The fourth-order valence-electron chi connectivity index (χ4n) is 1.40. The van der Waals surface area contributed by atoms with Crippen molar-refractivity contribution in [2.75, 3.05) is 11.3 Å². The Balaban J connectivity index is 2.05. The third kappa shape index (κ3) is 4.76. The summed E-state index contributed by atoms with van der Waals surface area (Å²) in [5.74, 6) is -0.0146. The van der Waals surface area contributed by atoms with E-state index in [9.17, 15) is 8.42 Å². The fraction of sp³-hybridized carbons (Fsp3) is 0.167. The highest BCUT2D eigenvalue weighted by atomic mass is 35.5. The maximum Gasteiger partial charge on any atom is 0.337 e. The third-order valence-electron chi connectivity index (χ3n) is 2.29. The van der Waals surface area contributed by atoms with E-state index in [4.69, 9.17) is 16.3 Å². The van der Waals surface area contributed by atoms with Gasteiger partial charge in [-0.25, -0.2) is 18.2 Å². The van der Waals surface area contributed by atoms with Gasteiger partial charge in [-0.2, -0.15) is 4.98 Å². The van der Waals surface area contributed by atoms with Gasteiger partial charge in [0.25, 0.3) is 10.0 Å². The molecule has 0 saturated heterocycles. The second-order valence-electron chi connectivity index (χ2n) is 3.90. The summed E-state index contributed by atoms with van der Waals surface area (Å²) in [4.78, 5) is 3.82. The number of sulfonamides is 1. The minimum absolute atomic E-state index is 0.0146. The molecule has 7 nitrogen and oxygen atoms in total. The molecule has 0 aliphatic rings. The van der Waals surface area contributed by atoms with Gasteiger partial charge in [0.15, 0.2) is 0 Å². The first-order valence-electron chi connectivity index (χ1n) is 6.00. The van der Waals surface area contributed by atoms with Crippen LogP contribution in [-0.4, -0.2) is 30.2 Å². The Kier molecular flexibility index (Phi) is 4.81. The van der Waals surface area contributed by atoms with Crippen molar-refractivity contribution in [1.82, 2.24) is 15.2 Å². The maximum absolute atomic E-state index is 11.9. The van der Waals surface area contributed by atoms with Crippen molar-refractivity contribution in [3.63, 3.8) is 0 Å². The molecule has 21 heavy (non-hydrogen) atoms. The van der Waals surface area contributed by atoms with Gasteiger partial charge in [-0.1, -0.05) is 23.7 Å². The molecule has 0 spiro atoms. The number of rotatable bonds is 6. The van der Waals surface area contributed by atoms with Gasteiger partial charge in [-0.3, -0.25) is 0 Å². The van der Waals surface area contributed by atoms with Crippen molar-refractivity contribution in [1.29, 1.82) is 0 Å². The van der Waals surface area contributed by atoms with Gasteiger partial charge < -0.3 is 4.74 Å². The minimum atomic E-state index is -3.70. The summed E-state index contributed by atoms with van der Waals surface area (Å²) in [6.45, 7) is 2.16. The van der Waals surface area contributed by atoms with Crippen LogP contribution in [0, 0.1) is 0 Å². The molecule has 0 aliphatic heterocycles. The van der Waals surface area contributed by atoms with E-state index in [1.54, 1.807) is 31.2 Å². The predicted molar refractivity (Wildman–Crippen MR) is 80.6 cm³/mol. The Bertz CT molecular complexity index is 725. The molecule has 0 saturated carbocycles. The topological polar surface area (TPSA) is 97.0 Å². The molecule has 112 valence electrons. The normalized spacial score (nSPS) is 11.7. The summed E-state index contributed by atoms with van der Waals surface area (Å²) >= 11 is 5.75. The lowest BCUT2D eigenvalue weighted by molar-refractivity contribution is 0.314. The highest BCUT2D eigenvalue weighted by Gasteiger charge is 2.10. The average molecular weight is 329 g/mol. The zero-order valence-electron chi connectivity index (χ0n) is 11.1. The zero-order valence-corrected chi connectivity index (χ0v) is 12.6. The van der Waals surface area contributed by atoms with Crippen molar-refractivity contribution in [2.24, 2.45) is 0 Å². The number of aromatic amines is 1. The zero-order chi connectivity index (χ0) is 15.3. The molecule has 1 heterocycles. The first-order valence-corrected chi connectivity index (χ1v) is 7.92. The number of nitrogens with zero attached hydrogens (tertiary/aromatic N) is 2. The summed E-state index contributed by atoms with van der Waals surface area (Å²) in [6, 6.07) is 6.83. The molecular weight excluding hydrogens is 316 g/mol. The van der Waals surface area contributed by atoms with Crippen LogP contribution in [0.3, 0.4) is 0 Å². The first kappa shape index (κ1) is 15.3. The lowest BCUT2D eigenvalue weighted by Crippen LogP contribution is -2.10. The SMILES string of the molecule is CCOc1n[nH]c(NS(=O)(=O)/C=C/c2ccc(Cl)cc2)n1. The second-order valence-corrected chi connectivity index (χ2v) is 5.90. The summed E-state index contributed by atoms with van der Waals surface area (Å²) < 4.78 is 31.0. The molecule has 0 bridgehead atoms. The molecule has 2 N–H and O–H groups in total. The van der Waals surface area contributed by atoms with Gasteiger partial charge in [0.2, 0.25) is 5.95 Å². The first-order chi connectivity index (χ1) is 9.98. The lowest BCUT2D eigenvalue weighted by Gasteiger charge is -1.99. The summed E-state index contributed by atoms with van der Waals surface area (Å²) in [6.07, 6.45) is 1.44. The number of ether oxygens (including phenoxy) is 1. The molecule has 2 rings (SSSR count). The number of benzene rings is 1. The molecular formula is C12H13ClN4O3S. The molecule has 2 aromatic rings. The molecule has 0 radical (unpaired) electrons. The molecule has 0 aliphatic carbocycles. The summed E-state index contributed by atoms with van der Waals surface area (Å²) in [7, 11) is -3.70. The van der Waals surface area contributed by atoms with Gasteiger partial charge in [0, 0.05) is 5.02 Å². The number of anilines is 1. The highest BCUT2D eigenvalue weighted by molar-refractivity contribution is 7.95. The van der Waals surface area contributed by atoms with Gasteiger partial charge in [-0.05, 0) is 30.7 Å². The van der Waals surface area contributed by atoms with E-state index in [2.05, 4.69) is 19.9 Å². The molecule has 0 unspecified atom stereocenters. The minimum Gasteiger partial charge on any atom is -0.463 e. The molecule has 9 heteroatoms. The smallest absolute Gasteiger partial charge is 0.337 e. The number of halogens is 1. The van der Waals surface area contributed by atoms with Crippen molar-refractivity contribution >= 4 is 33.6 Å². The van der Waals surface area contributed by atoms with E-state index >= 15 is 0 Å². The largest absolute Gasteiger partial charge is 0.463 e. The van der Waals surface area contributed by atoms with Crippen LogP contribution in [0.5, 0.6) is 6.01 Å². The van der Waals surface area contributed by atoms with E-state index < -0.39 is 10.0 Å². The number of hydrogen-bond acceptors (Lipinski definition) is 5. The molecule has 1 aromatic heterocycles. The standard InChI is InChI=1S/C12H13ClN4O3S/c1-2-20-12-14-11(15-16-12)17-21(18,19)8-7-9-3-5-10(13)6-4-9/h3-8H,2H2,1H3,(H2,14,15,16,17)/b8-7+. The van der Waals surface area contributed by atoms with Crippen molar-refractivity contribution in [3.05, 3.63) is 40.3 Å². The van der Waals surface area contributed by atoms with Crippen LogP contribution < -0.4 is 9.46 Å². The van der Waals surface area contributed by atoms with Crippen LogP contribution in [-0.2, 0) is 10.0 Å². The predicted octanol–water partition coefficient (Wildman–Crippen LogP) is 2.27. The molecule has 0 fully saturated rings. The van der Waals surface area contributed by atoms with Crippen LogP contribution in [0.15, 0.2) is 29.7 Å². The van der Waals surface area contributed by atoms with E-state index in [0.717, 1.165) is 5.41 Å². The van der Waals surface area contributed by atoms with Crippen LogP contribution in [0.1, 0.15) is 12.5 Å². The second kappa shape index (κ2) is 6.59. The van der Waals surface area contributed by atoms with Crippen LogP contribution >= 0.6 is 11.6 Å². The van der Waals surface area contributed by atoms with Crippen molar-refractivity contribution in [2.45, 2.75) is 6.92 Å². The van der Waals surface area contributed by atoms with E-state index in [0.29, 0.717) is 17.2 Å². The Hall–Kier alpha value is -2.06. The Morgan fingerprint density at radius 1 is 1.38 bits per heavy atom. The Morgan fingerprint density at radius 2 is 2.10 bits per heavy atom. The van der Waals surface area contributed by atoms with E-state index in [1.807, 2.05) is 0 Å². The van der Waals surface area contributed by atoms with E-state index in [1.165, 1.54) is 6.08 Å². The van der Waals surface area contributed by atoms with Crippen LogP contribution in [0.2, 0.25) is 5.02 Å². The summed E-state index contributed by atoms with van der Waals surface area (Å²) in [5, 5.41) is 7.73. The Labute approximate surface area is 127 Å². The van der Waals surface area contributed by atoms with Gasteiger partial charge in [0.05, 0.1) is 12.0 Å². The van der Waals surface area contributed by atoms with Crippen molar-refractivity contribution < 1.29 is 13.2 Å². The monoisotopic (exact) mass is 328 g/mol. The molecule has 0 atom stereocenters. The summed E-state index contributed by atoms with van der Waals surface area (Å²) in [5.41, 5.74) is 0.706. The number of aromatic nitrogens is 3. The van der Waals surface area contributed by atoms with Crippen LogP contribution in [0.25, 0.3) is 6.08 Å². The highest BCUT2D eigenvalue weighted by Crippen LogP contribution is 2.12. The van der Waals surface area contributed by atoms with Gasteiger partial charge >= 0.3 is 6.01 Å². The number of nitrogens with one attached hydrogen (secondary N) is 2. The maximum atomic E-state index is 11.9. The number of H-pyrrole nitrogens is 1. The third-order valence-corrected chi connectivity index (χ3v) is 3.51. The Morgan fingerprint density at radius 3 is 2.76 bits per heavy atom. The van der Waals surface area contributed by atoms with Crippen molar-refractivity contribution in [3.8, 4) is 6.01 Å². The average Bonchev–Trinajstić information content (AvgIpc) is 2.85. The van der Waals surface area contributed by atoms with E-state index in [-0.39, 0.29) is 12.0 Å². The van der Waals surface area contributed by atoms with Crippen LogP contribution in [0.4, 0.5) is 5.95 Å².